The second-order valence-corrected chi connectivity index (χ2v) is 6.74. The molecule has 0 bridgehead atoms. The van der Waals surface area contributed by atoms with Gasteiger partial charge in [-0.3, -0.25) is 14.7 Å². The lowest BCUT2D eigenvalue weighted by Crippen LogP contribution is -2.15. The summed E-state index contributed by atoms with van der Waals surface area (Å²) in [6.07, 6.45) is 0.984. The largest absolute Gasteiger partial charge is 0.366 e. The number of aryl methyl sites for hydroxylation is 1. The number of hydrogen-bond donors (Lipinski definition) is 3. The minimum absolute atomic E-state index is 0.170. The van der Waals surface area contributed by atoms with Crippen molar-refractivity contribution in [2.24, 2.45) is 5.73 Å². The molecule has 1 aromatic heterocycles. The second-order valence-electron chi connectivity index (χ2n) is 5.80. The van der Waals surface area contributed by atoms with Crippen LogP contribution in [-0.2, 0) is 11.2 Å². The number of hydrogen-bond acceptors (Lipinski definition) is 5. The van der Waals surface area contributed by atoms with E-state index in [-0.39, 0.29) is 11.7 Å². The fourth-order valence-corrected chi connectivity index (χ4v) is 2.98. The Morgan fingerprint density at radius 1 is 1.11 bits per heavy atom. The van der Waals surface area contributed by atoms with Crippen molar-refractivity contribution in [3.05, 3.63) is 59.7 Å². The van der Waals surface area contributed by atoms with Crippen LogP contribution in [0.4, 0.5) is 5.69 Å². The number of amides is 2. The Bertz CT molecular complexity index is 935. The number of benzene rings is 2. The van der Waals surface area contributed by atoms with Gasteiger partial charge in [-0.2, -0.15) is 0 Å². The van der Waals surface area contributed by atoms with Crippen LogP contribution in [-0.4, -0.2) is 32.7 Å². The maximum atomic E-state index is 12.1. The molecule has 2 aromatic carbocycles. The van der Waals surface area contributed by atoms with Crippen molar-refractivity contribution < 1.29 is 9.59 Å². The quantitative estimate of drug-likeness (QED) is 0.545. The predicted molar refractivity (Wildman–Crippen MR) is 106 cm³/mol. The minimum atomic E-state index is -0.506. The number of anilines is 1. The summed E-state index contributed by atoms with van der Waals surface area (Å²) in [7, 11) is 0. The van der Waals surface area contributed by atoms with Gasteiger partial charge in [0, 0.05) is 16.8 Å². The number of carbonyl (C=O) groups is 2. The van der Waals surface area contributed by atoms with Crippen LogP contribution in [0.5, 0.6) is 0 Å². The van der Waals surface area contributed by atoms with E-state index in [0.717, 1.165) is 12.0 Å². The molecule has 0 fully saturated rings. The van der Waals surface area contributed by atoms with Gasteiger partial charge in [0.2, 0.25) is 17.0 Å². The van der Waals surface area contributed by atoms with Crippen LogP contribution < -0.4 is 11.1 Å². The smallest absolute Gasteiger partial charge is 0.248 e. The first-order valence-corrected chi connectivity index (χ1v) is 9.38. The number of aromatic nitrogens is 3. The van der Waals surface area contributed by atoms with Crippen LogP contribution in [0.1, 0.15) is 22.8 Å². The zero-order valence-corrected chi connectivity index (χ0v) is 15.5. The molecule has 27 heavy (non-hydrogen) atoms. The van der Waals surface area contributed by atoms with E-state index in [1.807, 2.05) is 12.1 Å². The lowest BCUT2D eigenvalue weighted by atomic mass is 10.1. The Hall–Kier alpha value is -3.13. The average Bonchev–Trinajstić information content (AvgIpc) is 3.16. The first-order valence-electron chi connectivity index (χ1n) is 8.39. The van der Waals surface area contributed by atoms with E-state index in [4.69, 9.17) is 5.73 Å². The monoisotopic (exact) mass is 381 g/mol. The fourth-order valence-electron chi connectivity index (χ4n) is 2.38. The lowest BCUT2D eigenvalue weighted by molar-refractivity contribution is -0.113. The third kappa shape index (κ3) is 4.95. The summed E-state index contributed by atoms with van der Waals surface area (Å²) in [6, 6.07) is 14.5. The highest BCUT2D eigenvalue weighted by molar-refractivity contribution is 7.99. The molecular formula is C19H19N5O2S. The van der Waals surface area contributed by atoms with E-state index < -0.39 is 5.91 Å². The molecule has 1 heterocycles. The average molecular weight is 381 g/mol. The molecule has 0 radical (unpaired) electrons. The van der Waals surface area contributed by atoms with Crippen molar-refractivity contribution >= 4 is 29.3 Å². The topological polar surface area (TPSA) is 114 Å². The van der Waals surface area contributed by atoms with Crippen LogP contribution in [0.15, 0.2) is 53.7 Å². The van der Waals surface area contributed by atoms with Crippen molar-refractivity contribution in [1.29, 1.82) is 0 Å². The van der Waals surface area contributed by atoms with Gasteiger partial charge in [0.15, 0.2) is 5.82 Å². The Kier molecular flexibility index (Phi) is 5.87. The number of nitrogens with one attached hydrogen (secondary N) is 2. The van der Waals surface area contributed by atoms with Gasteiger partial charge in [-0.1, -0.05) is 43.0 Å². The van der Waals surface area contributed by atoms with Gasteiger partial charge in [-0.15, -0.1) is 5.10 Å². The minimum Gasteiger partial charge on any atom is -0.366 e. The van der Waals surface area contributed by atoms with E-state index in [2.05, 4.69) is 39.6 Å². The summed E-state index contributed by atoms with van der Waals surface area (Å²) < 4.78 is 0. The van der Waals surface area contributed by atoms with Crippen LogP contribution in [0.2, 0.25) is 0 Å². The van der Waals surface area contributed by atoms with E-state index in [0.29, 0.717) is 22.2 Å². The Balaban J connectivity index is 1.54. The number of aromatic amines is 1. The van der Waals surface area contributed by atoms with Crippen molar-refractivity contribution in [2.75, 3.05) is 11.1 Å². The number of carbonyl (C=O) groups excluding carboxylic acids is 2. The van der Waals surface area contributed by atoms with Gasteiger partial charge in [-0.25, -0.2) is 4.98 Å². The number of nitrogens with zero attached hydrogens (tertiary/aromatic N) is 2. The fraction of sp³-hybridized carbons (Fsp3) is 0.158. The van der Waals surface area contributed by atoms with Gasteiger partial charge in [0.05, 0.1) is 5.75 Å². The molecule has 138 valence electrons. The van der Waals surface area contributed by atoms with Crippen LogP contribution in [0, 0.1) is 0 Å². The van der Waals surface area contributed by atoms with E-state index in [9.17, 15) is 9.59 Å². The van der Waals surface area contributed by atoms with Crippen LogP contribution in [0.3, 0.4) is 0 Å². The Labute approximate surface area is 160 Å². The maximum absolute atomic E-state index is 12.1. The number of nitrogens with two attached hydrogens (primary N) is 1. The summed E-state index contributed by atoms with van der Waals surface area (Å²) in [6.45, 7) is 2.11. The molecular weight excluding hydrogens is 362 g/mol. The van der Waals surface area contributed by atoms with Gasteiger partial charge in [0.1, 0.15) is 0 Å². The second kappa shape index (κ2) is 8.50. The molecule has 0 atom stereocenters. The molecule has 0 unspecified atom stereocenters. The van der Waals surface area contributed by atoms with E-state index in [1.165, 1.54) is 17.3 Å². The molecule has 3 rings (SSSR count). The van der Waals surface area contributed by atoms with Crippen molar-refractivity contribution in [2.45, 2.75) is 18.5 Å². The lowest BCUT2D eigenvalue weighted by Gasteiger charge is -2.04. The normalized spacial score (nSPS) is 10.6. The highest BCUT2D eigenvalue weighted by atomic mass is 32.2. The molecule has 8 heteroatoms. The third-order valence-corrected chi connectivity index (χ3v) is 4.73. The first kappa shape index (κ1) is 18.7. The molecule has 4 N–H and O–H groups in total. The van der Waals surface area contributed by atoms with Crippen molar-refractivity contribution in [1.82, 2.24) is 15.2 Å². The van der Waals surface area contributed by atoms with E-state index in [1.54, 1.807) is 24.3 Å². The SMILES string of the molecule is CCc1ccc(-c2nc(SCC(=O)Nc3ccc(C(N)=O)cc3)n[nH]2)cc1. The maximum Gasteiger partial charge on any atom is 0.248 e. The molecule has 0 saturated carbocycles. The summed E-state index contributed by atoms with van der Waals surface area (Å²) in [5.41, 5.74) is 8.38. The Morgan fingerprint density at radius 2 is 1.81 bits per heavy atom. The number of primary amides is 1. The molecule has 3 aromatic rings. The highest BCUT2D eigenvalue weighted by Gasteiger charge is 2.10. The van der Waals surface area contributed by atoms with Crippen LogP contribution >= 0.6 is 11.8 Å². The molecule has 2 amide bonds. The molecule has 7 nitrogen and oxygen atoms in total. The zero-order valence-electron chi connectivity index (χ0n) is 14.7. The number of rotatable bonds is 7. The van der Waals surface area contributed by atoms with Crippen LogP contribution in [0.25, 0.3) is 11.4 Å². The van der Waals surface area contributed by atoms with Gasteiger partial charge in [-0.05, 0) is 36.2 Å². The molecule has 0 spiro atoms. The summed E-state index contributed by atoms with van der Waals surface area (Å²) >= 11 is 1.24. The summed E-state index contributed by atoms with van der Waals surface area (Å²) in [4.78, 5) is 27.5. The van der Waals surface area contributed by atoms with E-state index >= 15 is 0 Å². The third-order valence-electron chi connectivity index (χ3n) is 3.89. The molecule has 0 aliphatic rings. The molecule has 0 saturated heterocycles. The number of H-pyrrole nitrogens is 1. The first-order chi connectivity index (χ1) is 13.0. The van der Waals surface area contributed by atoms with Crippen molar-refractivity contribution in [3.8, 4) is 11.4 Å². The molecule has 0 aliphatic carbocycles. The van der Waals surface area contributed by atoms with Crippen molar-refractivity contribution in [3.63, 3.8) is 0 Å². The van der Waals surface area contributed by atoms with Gasteiger partial charge in [0.25, 0.3) is 0 Å². The number of thioether (sulfide) groups is 1. The highest BCUT2D eigenvalue weighted by Crippen LogP contribution is 2.20. The van der Waals surface area contributed by atoms with Gasteiger partial charge >= 0.3 is 0 Å². The predicted octanol–water partition coefficient (Wildman–Crippen LogP) is 2.86. The molecule has 0 aliphatic heterocycles. The standard InChI is InChI=1S/C19H19N5O2S/c1-2-12-3-5-14(6-4-12)18-22-19(24-23-18)27-11-16(25)21-15-9-7-13(8-10-15)17(20)26/h3-10H,2,11H2,1H3,(H2,20,26)(H,21,25)(H,22,23,24). The zero-order chi connectivity index (χ0) is 19.2. The Morgan fingerprint density at radius 3 is 2.44 bits per heavy atom. The summed E-state index contributed by atoms with van der Waals surface area (Å²) in [5, 5.41) is 10.3. The summed E-state index contributed by atoms with van der Waals surface area (Å²) in [5.74, 6) is 0.144. The van der Waals surface area contributed by atoms with Gasteiger partial charge < -0.3 is 11.1 Å².